The number of nitrogens with zero attached hydrogens (tertiary/aromatic N) is 1. The minimum Gasteiger partial charge on any atom is -0.398 e. The quantitative estimate of drug-likeness (QED) is 0.733. The molecule has 0 unspecified atom stereocenters. The first-order valence-electron chi connectivity index (χ1n) is 4.32. The van der Waals surface area contributed by atoms with Crippen molar-refractivity contribution in [1.29, 1.82) is 0 Å². The van der Waals surface area contributed by atoms with Gasteiger partial charge in [-0.3, -0.25) is 0 Å². The number of hydrogen-bond acceptors (Lipinski definition) is 3. The number of rotatable bonds is 3. The zero-order valence-corrected chi connectivity index (χ0v) is 8.38. The number of nitrogen functional groups attached to an aromatic ring is 1. The monoisotopic (exact) mass is 199 g/mol. The molecule has 0 amide bonds. The van der Waals surface area contributed by atoms with Gasteiger partial charge in [0, 0.05) is 23.5 Å². The summed E-state index contributed by atoms with van der Waals surface area (Å²) in [4.78, 5) is 3.95. The van der Waals surface area contributed by atoms with Gasteiger partial charge in [0.15, 0.2) is 0 Å². The van der Waals surface area contributed by atoms with Crippen molar-refractivity contribution in [3.8, 4) is 0 Å². The van der Waals surface area contributed by atoms with Crippen molar-refractivity contribution >= 4 is 17.3 Å². The highest BCUT2D eigenvalue weighted by atomic mass is 35.5. The van der Waals surface area contributed by atoms with Crippen molar-refractivity contribution in [2.75, 3.05) is 5.73 Å². The molecule has 0 aliphatic rings. The van der Waals surface area contributed by atoms with Crippen molar-refractivity contribution < 1.29 is 0 Å². The van der Waals surface area contributed by atoms with E-state index in [0.717, 1.165) is 18.4 Å². The number of hydrogen-bond donors (Lipinski definition) is 2. The predicted molar refractivity (Wildman–Crippen MR) is 55.5 cm³/mol. The lowest BCUT2D eigenvalue weighted by atomic mass is 10.0. The highest BCUT2D eigenvalue weighted by Crippen LogP contribution is 2.27. The van der Waals surface area contributed by atoms with Crippen molar-refractivity contribution in [2.45, 2.75) is 25.8 Å². The first-order valence-corrected chi connectivity index (χ1v) is 4.70. The van der Waals surface area contributed by atoms with Crippen molar-refractivity contribution in [2.24, 2.45) is 5.73 Å². The summed E-state index contributed by atoms with van der Waals surface area (Å²) in [5.41, 5.74) is 13.0. The van der Waals surface area contributed by atoms with Crippen LogP contribution < -0.4 is 11.5 Å². The second kappa shape index (κ2) is 4.44. The van der Waals surface area contributed by atoms with Gasteiger partial charge in [-0.05, 0) is 12.5 Å². The Labute approximate surface area is 83.1 Å². The maximum atomic E-state index is 5.90. The van der Waals surface area contributed by atoms with E-state index in [1.807, 2.05) is 0 Å². The van der Waals surface area contributed by atoms with Gasteiger partial charge in [-0.2, -0.15) is 0 Å². The lowest BCUT2D eigenvalue weighted by Crippen LogP contribution is -2.13. The zero-order chi connectivity index (χ0) is 9.84. The second-order valence-electron chi connectivity index (χ2n) is 3.00. The Hall–Kier alpha value is -0.800. The van der Waals surface area contributed by atoms with E-state index in [1.54, 1.807) is 12.3 Å². The van der Waals surface area contributed by atoms with E-state index in [0.29, 0.717) is 10.8 Å². The van der Waals surface area contributed by atoms with Gasteiger partial charge in [-0.25, -0.2) is 4.98 Å². The third-order valence-electron chi connectivity index (χ3n) is 1.95. The molecule has 0 aromatic carbocycles. The Morgan fingerprint density at radius 1 is 1.62 bits per heavy atom. The summed E-state index contributed by atoms with van der Waals surface area (Å²) in [5.74, 6) is 0. The molecule has 0 spiro atoms. The van der Waals surface area contributed by atoms with Crippen LogP contribution in [0.4, 0.5) is 5.69 Å². The number of aromatic nitrogens is 1. The van der Waals surface area contributed by atoms with Gasteiger partial charge < -0.3 is 11.5 Å². The molecule has 0 radical (unpaired) electrons. The molecule has 72 valence electrons. The third kappa shape index (κ3) is 2.32. The Morgan fingerprint density at radius 2 is 2.31 bits per heavy atom. The summed E-state index contributed by atoms with van der Waals surface area (Å²) in [6.07, 6.45) is 3.46. The Balaban J connectivity index is 2.98. The van der Waals surface area contributed by atoms with Crippen molar-refractivity contribution in [1.82, 2.24) is 4.98 Å². The summed E-state index contributed by atoms with van der Waals surface area (Å²) in [6.45, 7) is 2.07. The van der Waals surface area contributed by atoms with Gasteiger partial charge in [0.25, 0.3) is 0 Å². The molecule has 0 aliphatic carbocycles. The number of anilines is 1. The van der Waals surface area contributed by atoms with Crippen LogP contribution in [0.5, 0.6) is 0 Å². The summed E-state index contributed by atoms with van der Waals surface area (Å²) >= 11 is 5.89. The predicted octanol–water partition coefficient (Wildman–Crippen LogP) is 2.12. The molecule has 1 atom stereocenters. The molecule has 1 aromatic rings. The van der Waals surface area contributed by atoms with E-state index in [-0.39, 0.29) is 6.04 Å². The average molecular weight is 200 g/mol. The van der Waals surface area contributed by atoms with Gasteiger partial charge in [-0.15, -0.1) is 0 Å². The first kappa shape index (κ1) is 10.3. The molecule has 0 saturated heterocycles. The SMILES string of the molecule is CCC[C@H](N)c1c(N)ccnc1Cl. The molecular weight excluding hydrogens is 186 g/mol. The molecule has 0 saturated carbocycles. The summed E-state index contributed by atoms with van der Waals surface area (Å²) in [5, 5.41) is 0.418. The molecule has 0 bridgehead atoms. The number of pyridine rings is 1. The molecular formula is C9H14ClN3. The van der Waals surface area contributed by atoms with E-state index < -0.39 is 0 Å². The first-order chi connectivity index (χ1) is 6.16. The standard InChI is InChI=1S/C9H14ClN3/c1-2-3-6(11)8-7(12)4-5-13-9(8)10/h4-6H,2-3,11H2,1H3,(H2,12,13)/t6-/m0/s1. The van der Waals surface area contributed by atoms with Crippen LogP contribution in [-0.4, -0.2) is 4.98 Å². The van der Waals surface area contributed by atoms with Crippen LogP contribution in [0, 0.1) is 0 Å². The molecule has 4 N–H and O–H groups in total. The fraction of sp³-hybridized carbons (Fsp3) is 0.444. The van der Waals surface area contributed by atoms with E-state index >= 15 is 0 Å². The minimum atomic E-state index is -0.105. The van der Waals surface area contributed by atoms with E-state index in [4.69, 9.17) is 23.1 Å². The normalized spacial score (nSPS) is 12.8. The van der Waals surface area contributed by atoms with Crippen molar-refractivity contribution in [3.05, 3.63) is 23.0 Å². The molecule has 0 fully saturated rings. The molecule has 1 heterocycles. The smallest absolute Gasteiger partial charge is 0.135 e. The maximum absolute atomic E-state index is 5.90. The van der Waals surface area contributed by atoms with Crippen LogP contribution in [0.3, 0.4) is 0 Å². The number of halogens is 1. The third-order valence-corrected chi connectivity index (χ3v) is 2.25. The van der Waals surface area contributed by atoms with Crippen LogP contribution in [0.25, 0.3) is 0 Å². The Morgan fingerprint density at radius 3 is 2.85 bits per heavy atom. The molecule has 3 nitrogen and oxygen atoms in total. The van der Waals surface area contributed by atoms with Gasteiger partial charge >= 0.3 is 0 Å². The van der Waals surface area contributed by atoms with Crippen LogP contribution in [0.2, 0.25) is 5.15 Å². The Bertz CT molecular complexity index is 268. The maximum Gasteiger partial charge on any atom is 0.135 e. The van der Waals surface area contributed by atoms with E-state index in [9.17, 15) is 0 Å². The van der Waals surface area contributed by atoms with Gasteiger partial charge in [0.2, 0.25) is 0 Å². The summed E-state index contributed by atoms with van der Waals surface area (Å²) < 4.78 is 0. The van der Waals surface area contributed by atoms with Crippen LogP contribution in [0.1, 0.15) is 31.4 Å². The lowest BCUT2D eigenvalue weighted by molar-refractivity contribution is 0.638. The van der Waals surface area contributed by atoms with Crippen LogP contribution >= 0.6 is 11.6 Å². The van der Waals surface area contributed by atoms with Gasteiger partial charge in [0.1, 0.15) is 5.15 Å². The van der Waals surface area contributed by atoms with Gasteiger partial charge in [0.05, 0.1) is 0 Å². The fourth-order valence-electron chi connectivity index (χ4n) is 1.28. The van der Waals surface area contributed by atoms with Crippen LogP contribution in [-0.2, 0) is 0 Å². The van der Waals surface area contributed by atoms with Crippen molar-refractivity contribution in [3.63, 3.8) is 0 Å². The highest BCUT2D eigenvalue weighted by Gasteiger charge is 2.13. The summed E-state index contributed by atoms with van der Waals surface area (Å²) in [6, 6.07) is 1.61. The fourth-order valence-corrected chi connectivity index (χ4v) is 1.59. The molecule has 4 heteroatoms. The van der Waals surface area contributed by atoms with E-state index in [1.165, 1.54) is 0 Å². The minimum absolute atomic E-state index is 0.105. The highest BCUT2D eigenvalue weighted by molar-refractivity contribution is 6.30. The Kier molecular flexibility index (Phi) is 3.51. The lowest BCUT2D eigenvalue weighted by Gasteiger charge is -2.13. The number of nitrogens with two attached hydrogens (primary N) is 2. The molecule has 13 heavy (non-hydrogen) atoms. The largest absolute Gasteiger partial charge is 0.398 e. The average Bonchev–Trinajstić information content (AvgIpc) is 2.04. The molecule has 1 rings (SSSR count). The second-order valence-corrected chi connectivity index (χ2v) is 3.36. The molecule has 0 aliphatic heterocycles. The molecule has 1 aromatic heterocycles. The van der Waals surface area contributed by atoms with Gasteiger partial charge in [-0.1, -0.05) is 24.9 Å². The topological polar surface area (TPSA) is 64.9 Å². The van der Waals surface area contributed by atoms with E-state index in [2.05, 4.69) is 11.9 Å². The van der Waals surface area contributed by atoms with Crippen LogP contribution in [0.15, 0.2) is 12.3 Å². The summed E-state index contributed by atoms with van der Waals surface area (Å²) in [7, 11) is 0. The zero-order valence-electron chi connectivity index (χ0n) is 7.63.